The van der Waals surface area contributed by atoms with Gasteiger partial charge in [0, 0.05) is 6.54 Å². The molecule has 0 saturated heterocycles. The molecule has 0 unspecified atom stereocenters. The molecule has 27 heavy (non-hydrogen) atoms. The highest BCUT2D eigenvalue weighted by molar-refractivity contribution is 7.99. The van der Waals surface area contributed by atoms with Crippen molar-refractivity contribution in [3.63, 3.8) is 0 Å². The van der Waals surface area contributed by atoms with Gasteiger partial charge in [0.25, 0.3) is 0 Å². The minimum atomic E-state index is -0.189. The van der Waals surface area contributed by atoms with Crippen molar-refractivity contribution in [3.8, 4) is 0 Å². The number of nitrogens with one attached hydrogen (secondary N) is 1. The number of hydrogen-bond donors (Lipinski definition) is 1. The number of amides is 2. The average molecular weight is 378 g/mol. The van der Waals surface area contributed by atoms with Crippen LogP contribution in [0.3, 0.4) is 0 Å². The number of rotatable bonds is 5. The highest BCUT2D eigenvalue weighted by atomic mass is 32.2. The molecular weight excluding hydrogens is 360 g/mol. The molecule has 0 aliphatic carbocycles. The minimum absolute atomic E-state index is 0.0273. The van der Waals surface area contributed by atoms with E-state index in [1.54, 1.807) is 6.07 Å². The first-order valence-corrected chi connectivity index (χ1v) is 9.54. The lowest BCUT2D eigenvalue weighted by molar-refractivity contribution is -0.120. The third-order valence-electron chi connectivity index (χ3n) is 4.33. The van der Waals surface area contributed by atoms with Crippen LogP contribution in [-0.2, 0) is 16.1 Å². The molecule has 1 aromatic heterocycles. The molecule has 6 nitrogen and oxygen atoms in total. The van der Waals surface area contributed by atoms with E-state index in [1.807, 2.05) is 53.1 Å². The summed E-state index contributed by atoms with van der Waals surface area (Å²) in [7, 11) is 0. The fraction of sp³-hybridized carbons (Fsp3) is 0.150. The van der Waals surface area contributed by atoms with Crippen LogP contribution >= 0.6 is 11.8 Å². The molecule has 2 heterocycles. The molecule has 136 valence electrons. The molecule has 7 heteroatoms. The Balaban J connectivity index is 1.57. The number of hydrogen-bond acceptors (Lipinski definition) is 4. The molecular formula is C20H18N4O2S. The second kappa shape index (κ2) is 7.28. The van der Waals surface area contributed by atoms with E-state index < -0.39 is 0 Å². The number of aromatic nitrogens is 2. The van der Waals surface area contributed by atoms with E-state index in [0.29, 0.717) is 12.2 Å². The van der Waals surface area contributed by atoms with E-state index in [2.05, 4.69) is 16.9 Å². The van der Waals surface area contributed by atoms with Crippen molar-refractivity contribution in [1.82, 2.24) is 9.55 Å². The lowest BCUT2D eigenvalue weighted by atomic mass is 10.2. The van der Waals surface area contributed by atoms with Crippen LogP contribution in [0.5, 0.6) is 0 Å². The molecule has 0 atom stereocenters. The first kappa shape index (κ1) is 17.4. The van der Waals surface area contributed by atoms with Gasteiger partial charge in [-0.1, -0.05) is 42.1 Å². The van der Waals surface area contributed by atoms with Crippen LogP contribution in [0.25, 0.3) is 11.0 Å². The van der Waals surface area contributed by atoms with Crippen molar-refractivity contribution in [2.45, 2.75) is 11.7 Å². The average Bonchev–Trinajstić information content (AvgIpc) is 3.03. The van der Waals surface area contributed by atoms with E-state index in [4.69, 9.17) is 0 Å². The Morgan fingerprint density at radius 3 is 2.85 bits per heavy atom. The molecule has 1 N–H and O–H groups in total. The summed E-state index contributed by atoms with van der Waals surface area (Å²) in [6.07, 6.45) is 1.81. The quantitative estimate of drug-likeness (QED) is 0.546. The largest absolute Gasteiger partial charge is 0.323 e. The molecule has 0 radical (unpaired) electrons. The molecule has 4 rings (SSSR count). The van der Waals surface area contributed by atoms with Crippen LogP contribution in [0.2, 0.25) is 0 Å². The summed E-state index contributed by atoms with van der Waals surface area (Å²) in [6.45, 7) is 4.45. The Morgan fingerprint density at radius 2 is 2.00 bits per heavy atom. The lowest BCUT2D eigenvalue weighted by Gasteiger charge is -2.29. The number of para-hydroxylation sites is 4. The van der Waals surface area contributed by atoms with E-state index in [1.165, 1.54) is 16.7 Å². The zero-order valence-electron chi connectivity index (χ0n) is 14.6. The number of nitrogens with zero attached hydrogens (tertiary/aromatic N) is 3. The van der Waals surface area contributed by atoms with Crippen LogP contribution < -0.4 is 10.2 Å². The first-order chi connectivity index (χ1) is 13.2. The van der Waals surface area contributed by atoms with Gasteiger partial charge in [0.15, 0.2) is 5.16 Å². The number of carbonyl (C=O) groups excluding carboxylic acids is 2. The standard InChI is InChI=1S/C20H18N4O2S/c1-2-11-23-16-9-5-4-8-15(16)22-20(23)27-13-19(26)24-12-18(25)21-14-7-3-6-10-17(14)24/h2-10H,1,11-13H2,(H,21,25). The monoisotopic (exact) mass is 378 g/mol. The van der Waals surface area contributed by atoms with E-state index >= 15 is 0 Å². The van der Waals surface area contributed by atoms with E-state index in [-0.39, 0.29) is 24.1 Å². The fourth-order valence-electron chi connectivity index (χ4n) is 3.13. The molecule has 3 aromatic rings. The van der Waals surface area contributed by atoms with Crippen LogP contribution in [0.1, 0.15) is 0 Å². The molecule has 1 aliphatic heterocycles. The smallest absolute Gasteiger partial charge is 0.244 e. The van der Waals surface area contributed by atoms with E-state index in [0.717, 1.165) is 21.9 Å². The van der Waals surface area contributed by atoms with Gasteiger partial charge in [0.2, 0.25) is 11.8 Å². The van der Waals surface area contributed by atoms with Gasteiger partial charge in [0.1, 0.15) is 6.54 Å². The first-order valence-electron chi connectivity index (χ1n) is 8.55. The van der Waals surface area contributed by atoms with Gasteiger partial charge >= 0.3 is 0 Å². The maximum absolute atomic E-state index is 12.8. The molecule has 2 aromatic carbocycles. The van der Waals surface area contributed by atoms with Gasteiger partial charge in [-0.3, -0.25) is 9.59 Å². The summed E-state index contributed by atoms with van der Waals surface area (Å²) in [4.78, 5) is 30.9. The van der Waals surface area contributed by atoms with Gasteiger partial charge < -0.3 is 14.8 Å². The number of carbonyl (C=O) groups is 2. The number of anilines is 2. The summed E-state index contributed by atoms with van der Waals surface area (Å²) >= 11 is 1.37. The van der Waals surface area contributed by atoms with Gasteiger partial charge in [-0.2, -0.15) is 0 Å². The third-order valence-corrected chi connectivity index (χ3v) is 5.29. The molecule has 1 aliphatic rings. The summed E-state index contributed by atoms with van der Waals surface area (Å²) < 4.78 is 2.04. The molecule has 0 bridgehead atoms. The summed E-state index contributed by atoms with van der Waals surface area (Å²) in [5, 5.41) is 3.56. The van der Waals surface area contributed by atoms with Crippen molar-refractivity contribution >= 4 is 46.0 Å². The lowest BCUT2D eigenvalue weighted by Crippen LogP contribution is -2.43. The zero-order valence-corrected chi connectivity index (χ0v) is 15.4. The van der Waals surface area contributed by atoms with Crippen LogP contribution in [0, 0.1) is 0 Å². The van der Waals surface area contributed by atoms with Crippen molar-refractivity contribution in [3.05, 3.63) is 61.2 Å². The normalized spacial score (nSPS) is 13.3. The predicted molar refractivity (Wildman–Crippen MR) is 108 cm³/mol. The number of allylic oxidation sites excluding steroid dienone is 1. The molecule has 2 amide bonds. The maximum atomic E-state index is 12.8. The second-order valence-corrected chi connectivity index (χ2v) is 7.06. The second-order valence-electron chi connectivity index (χ2n) is 6.12. The van der Waals surface area contributed by atoms with E-state index in [9.17, 15) is 9.59 Å². The Kier molecular flexibility index (Phi) is 4.68. The number of imidazole rings is 1. The van der Waals surface area contributed by atoms with Crippen LogP contribution in [-0.4, -0.2) is 33.7 Å². The predicted octanol–water partition coefficient (Wildman–Crippen LogP) is 3.30. The minimum Gasteiger partial charge on any atom is -0.323 e. The van der Waals surface area contributed by atoms with Crippen LogP contribution in [0.15, 0.2) is 66.3 Å². The highest BCUT2D eigenvalue weighted by Crippen LogP contribution is 2.30. The maximum Gasteiger partial charge on any atom is 0.244 e. The summed E-state index contributed by atoms with van der Waals surface area (Å²) in [6, 6.07) is 15.2. The van der Waals surface area contributed by atoms with Crippen molar-refractivity contribution in [1.29, 1.82) is 0 Å². The van der Waals surface area contributed by atoms with Gasteiger partial charge in [-0.25, -0.2) is 4.98 Å². The van der Waals surface area contributed by atoms with Crippen LogP contribution in [0.4, 0.5) is 11.4 Å². The molecule has 0 fully saturated rings. The zero-order chi connectivity index (χ0) is 18.8. The number of thioether (sulfide) groups is 1. The Labute approximate surface area is 160 Å². The fourth-order valence-corrected chi connectivity index (χ4v) is 4.03. The number of benzene rings is 2. The van der Waals surface area contributed by atoms with Crippen molar-refractivity contribution in [2.75, 3.05) is 22.5 Å². The van der Waals surface area contributed by atoms with Gasteiger partial charge in [-0.05, 0) is 24.3 Å². The Hall–Kier alpha value is -3.06. The topological polar surface area (TPSA) is 67.2 Å². The SMILES string of the molecule is C=CCn1c(SCC(=O)N2CC(=O)Nc3ccccc32)nc2ccccc21. The van der Waals surface area contributed by atoms with Crippen molar-refractivity contribution < 1.29 is 9.59 Å². The molecule has 0 spiro atoms. The summed E-state index contributed by atoms with van der Waals surface area (Å²) in [5.41, 5.74) is 3.28. The Bertz CT molecular complexity index is 1040. The van der Waals surface area contributed by atoms with Crippen molar-refractivity contribution in [2.24, 2.45) is 0 Å². The number of fused-ring (bicyclic) bond motifs is 2. The Morgan fingerprint density at radius 1 is 1.22 bits per heavy atom. The highest BCUT2D eigenvalue weighted by Gasteiger charge is 2.26. The van der Waals surface area contributed by atoms with Gasteiger partial charge in [0.05, 0.1) is 28.2 Å². The third kappa shape index (κ3) is 3.33. The molecule has 0 saturated carbocycles. The van der Waals surface area contributed by atoms with Gasteiger partial charge in [-0.15, -0.1) is 6.58 Å². The summed E-state index contributed by atoms with van der Waals surface area (Å²) in [5.74, 6) is -0.118.